The minimum Gasteiger partial charge on any atom is -0.318 e. The molecule has 4 aliphatic carbocycles. The molecule has 0 spiro atoms. The number of rotatable bonds is 9. The first kappa shape index (κ1) is 30.4. The maximum atomic E-state index is 14.7. The van der Waals surface area contributed by atoms with Crippen molar-refractivity contribution in [2.24, 2.45) is 46.3 Å². The standard InChI is InChI=1S/C39H55O2P/c1-28(2)13-12-14-29(3)35-21-22-36-34-20-19-30-27-31(23-25-38(30,4)37(34)24-26-39(35,36)5)41-42(40,32-15-8-6-9-16-32)33-17-10-7-11-18-33/h6-11,15-19,28-29,31,34-37H,12-14,20-27H2,1-5H3/t29-,31-,34-,35+,36-,37-,38-,39+/m0/s1. The molecule has 0 unspecified atom stereocenters. The molecule has 0 radical (unpaired) electrons. The Morgan fingerprint density at radius 2 is 1.50 bits per heavy atom. The van der Waals surface area contributed by atoms with Crippen LogP contribution in [0.4, 0.5) is 0 Å². The van der Waals surface area contributed by atoms with Crippen LogP contribution >= 0.6 is 7.37 Å². The Bertz CT molecular complexity index is 1240. The Morgan fingerprint density at radius 1 is 0.833 bits per heavy atom. The van der Waals surface area contributed by atoms with E-state index in [1.807, 2.05) is 60.7 Å². The molecule has 3 saturated carbocycles. The van der Waals surface area contributed by atoms with Crippen LogP contribution in [0.2, 0.25) is 0 Å². The Kier molecular flexibility index (Phi) is 8.72. The highest BCUT2D eigenvalue weighted by Gasteiger charge is 2.59. The van der Waals surface area contributed by atoms with E-state index in [1.54, 1.807) is 5.57 Å². The van der Waals surface area contributed by atoms with E-state index in [0.29, 0.717) is 5.41 Å². The molecule has 3 heteroatoms. The average molecular weight is 587 g/mol. The van der Waals surface area contributed by atoms with Gasteiger partial charge in [0.25, 0.3) is 7.37 Å². The van der Waals surface area contributed by atoms with Gasteiger partial charge < -0.3 is 4.52 Å². The topological polar surface area (TPSA) is 26.3 Å². The molecule has 8 atom stereocenters. The third kappa shape index (κ3) is 5.43. The van der Waals surface area contributed by atoms with Crippen LogP contribution in [0.25, 0.3) is 0 Å². The molecular formula is C39H55O2P. The van der Waals surface area contributed by atoms with Crippen molar-refractivity contribution in [2.75, 3.05) is 0 Å². The third-order valence-electron chi connectivity index (χ3n) is 12.7. The van der Waals surface area contributed by atoms with E-state index in [0.717, 1.165) is 65.4 Å². The van der Waals surface area contributed by atoms with Crippen molar-refractivity contribution in [1.82, 2.24) is 0 Å². The molecule has 3 fully saturated rings. The summed E-state index contributed by atoms with van der Waals surface area (Å²) in [6.07, 6.45) is 16.9. The van der Waals surface area contributed by atoms with Gasteiger partial charge in [-0.2, -0.15) is 0 Å². The van der Waals surface area contributed by atoms with E-state index in [9.17, 15) is 4.57 Å². The fourth-order valence-electron chi connectivity index (χ4n) is 10.5. The molecule has 0 amide bonds. The van der Waals surface area contributed by atoms with Gasteiger partial charge in [-0.1, -0.05) is 102 Å². The third-order valence-corrected chi connectivity index (χ3v) is 15.3. The summed E-state index contributed by atoms with van der Waals surface area (Å²) in [5.74, 6) is 5.10. The fraction of sp³-hybridized carbons (Fsp3) is 0.641. The van der Waals surface area contributed by atoms with Crippen LogP contribution in [0.3, 0.4) is 0 Å². The summed E-state index contributed by atoms with van der Waals surface area (Å²) in [4.78, 5) is 0. The number of hydrogen-bond acceptors (Lipinski definition) is 2. The molecule has 0 saturated heterocycles. The van der Waals surface area contributed by atoms with Gasteiger partial charge in [0.2, 0.25) is 0 Å². The van der Waals surface area contributed by atoms with Gasteiger partial charge in [-0.25, -0.2) is 0 Å². The number of allylic oxidation sites excluding steroid dienone is 1. The zero-order chi connectivity index (χ0) is 29.5. The molecule has 0 aliphatic heterocycles. The molecule has 228 valence electrons. The maximum Gasteiger partial charge on any atom is 0.261 e. The fourth-order valence-corrected chi connectivity index (χ4v) is 12.7. The SMILES string of the molecule is CC(C)CCC[C@H](C)[C@H]1CC[C@H]2[C@@H]3CC=C4C[C@@H](OP(=O)(c5ccccc5)c5ccccc5)CC[C@]4(C)[C@H]3CC[C@]12C. The minimum absolute atomic E-state index is 0.00327. The van der Waals surface area contributed by atoms with Crippen molar-refractivity contribution < 1.29 is 9.09 Å². The highest BCUT2D eigenvalue weighted by atomic mass is 31.2. The molecule has 0 aromatic heterocycles. The molecule has 4 aliphatic rings. The predicted octanol–water partition coefficient (Wildman–Crippen LogP) is 10.3. The van der Waals surface area contributed by atoms with Gasteiger partial charge in [0.05, 0.1) is 6.10 Å². The van der Waals surface area contributed by atoms with E-state index in [-0.39, 0.29) is 11.5 Å². The predicted molar refractivity (Wildman–Crippen MR) is 178 cm³/mol. The summed E-state index contributed by atoms with van der Waals surface area (Å²) >= 11 is 0. The zero-order valence-corrected chi connectivity index (χ0v) is 27.8. The first-order chi connectivity index (χ1) is 20.1. The van der Waals surface area contributed by atoms with Crippen LogP contribution in [-0.2, 0) is 9.09 Å². The molecule has 0 heterocycles. The van der Waals surface area contributed by atoms with Crippen molar-refractivity contribution >= 4 is 18.0 Å². The lowest BCUT2D eigenvalue weighted by Gasteiger charge is -2.58. The highest BCUT2D eigenvalue weighted by molar-refractivity contribution is 7.74. The summed E-state index contributed by atoms with van der Waals surface area (Å²) in [7, 11) is -3.17. The number of benzene rings is 2. The van der Waals surface area contributed by atoms with Crippen LogP contribution < -0.4 is 10.6 Å². The first-order valence-electron chi connectivity index (χ1n) is 17.2. The monoisotopic (exact) mass is 586 g/mol. The summed E-state index contributed by atoms with van der Waals surface area (Å²) in [6, 6.07) is 19.8. The van der Waals surface area contributed by atoms with E-state index >= 15 is 0 Å². The molecule has 0 bridgehead atoms. The Hall–Kier alpha value is -1.63. The van der Waals surface area contributed by atoms with Crippen molar-refractivity contribution in [3.63, 3.8) is 0 Å². The van der Waals surface area contributed by atoms with Crippen LogP contribution in [0.15, 0.2) is 72.3 Å². The quantitative estimate of drug-likeness (QED) is 0.216. The largest absolute Gasteiger partial charge is 0.318 e. The van der Waals surface area contributed by atoms with Crippen molar-refractivity contribution in [2.45, 2.75) is 111 Å². The lowest BCUT2D eigenvalue weighted by atomic mass is 9.47. The van der Waals surface area contributed by atoms with Crippen LogP contribution in [0, 0.1) is 46.3 Å². The molecule has 2 nitrogen and oxygen atoms in total. The second-order valence-corrected chi connectivity index (χ2v) is 17.8. The zero-order valence-electron chi connectivity index (χ0n) is 26.9. The van der Waals surface area contributed by atoms with Crippen LogP contribution in [-0.4, -0.2) is 6.10 Å². The summed E-state index contributed by atoms with van der Waals surface area (Å²) in [5, 5.41) is 1.62. The second kappa shape index (κ2) is 12.0. The number of fused-ring (bicyclic) bond motifs is 5. The van der Waals surface area contributed by atoms with Gasteiger partial charge in [-0.15, -0.1) is 0 Å². The van der Waals surface area contributed by atoms with Crippen molar-refractivity contribution in [3.8, 4) is 0 Å². The lowest BCUT2D eigenvalue weighted by molar-refractivity contribution is -0.0556. The summed E-state index contributed by atoms with van der Waals surface area (Å²) < 4.78 is 21.4. The van der Waals surface area contributed by atoms with E-state index in [1.165, 1.54) is 51.4 Å². The smallest absolute Gasteiger partial charge is 0.261 e. The Morgan fingerprint density at radius 3 is 2.14 bits per heavy atom. The van der Waals surface area contributed by atoms with Gasteiger partial charge in [-0.05, 0) is 122 Å². The van der Waals surface area contributed by atoms with Crippen LogP contribution in [0.5, 0.6) is 0 Å². The van der Waals surface area contributed by atoms with E-state index in [4.69, 9.17) is 4.52 Å². The highest BCUT2D eigenvalue weighted by Crippen LogP contribution is 2.67. The van der Waals surface area contributed by atoms with Gasteiger partial charge in [0, 0.05) is 10.6 Å². The van der Waals surface area contributed by atoms with Gasteiger partial charge in [0.1, 0.15) is 0 Å². The Labute approximate surface area is 256 Å². The number of hydrogen-bond donors (Lipinski definition) is 0. The van der Waals surface area contributed by atoms with Crippen molar-refractivity contribution in [3.05, 3.63) is 72.3 Å². The van der Waals surface area contributed by atoms with Crippen molar-refractivity contribution in [1.29, 1.82) is 0 Å². The molecule has 6 rings (SSSR count). The first-order valence-corrected chi connectivity index (χ1v) is 18.9. The van der Waals surface area contributed by atoms with E-state index in [2.05, 4.69) is 40.7 Å². The summed E-state index contributed by atoms with van der Waals surface area (Å²) in [5.41, 5.74) is 2.40. The summed E-state index contributed by atoms with van der Waals surface area (Å²) in [6.45, 7) is 12.6. The second-order valence-electron chi connectivity index (χ2n) is 15.5. The van der Waals surface area contributed by atoms with Gasteiger partial charge in [0.15, 0.2) is 0 Å². The lowest BCUT2D eigenvalue weighted by Crippen LogP contribution is -2.51. The van der Waals surface area contributed by atoms with Gasteiger partial charge in [-0.3, -0.25) is 4.57 Å². The molecule has 42 heavy (non-hydrogen) atoms. The normalized spacial score (nSPS) is 35.2. The Balaban J connectivity index is 1.18. The average Bonchev–Trinajstić information content (AvgIpc) is 3.35. The molecule has 2 aromatic rings. The molecule has 2 aromatic carbocycles. The molecule has 0 N–H and O–H groups in total. The van der Waals surface area contributed by atoms with Crippen LogP contribution in [0.1, 0.15) is 105 Å². The van der Waals surface area contributed by atoms with E-state index < -0.39 is 7.37 Å². The molecular weight excluding hydrogens is 531 g/mol. The van der Waals surface area contributed by atoms with Gasteiger partial charge >= 0.3 is 0 Å². The minimum atomic E-state index is -3.17. The maximum absolute atomic E-state index is 14.7.